The van der Waals surface area contributed by atoms with Crippen molar-refractivity contribution < 1.29 is 0 Å². The van der Waals surface area contributed by atoms with Gasteiger partial charge in [0.1, 0.15) is 4.99 Å². The highest BCUT2D eigenvalue weighted by Crippen LogP contribution is 2.27. The summed E-state index contributed by atoms with van der Waals surface area (Å²) in [5.41, 5.74) is 9.99. The highest BCUT2D eigenvalue weighted by molar-refractivity contribution is 9.10. The van der Waals surface area contributed by atoms with Gasteiger partial charge < -0.3 is 11.1 Å². The van der Waals surface area contributed by atoms with Crippen molar-refractivity contribution in [3.63, 3.8) is 0 Å². The largest absolute Gasteiger partial charge is 0.389 e. The SMILES string of the molecule is CC(C)(C)c1ccc(Nc2cc(Br)ccc2C(N)=S)cc1. The topological polar surface area (TPSA) is 38.0 Å². The number of nitrogens with one attached hydrogen (secondary N) is 1. The van der Waals surface area contributed by atoms with Gasteiger partial charge in [-0.1, -0.05) is 61.1 Å². The first-order valence-corrected chi connectivity index (χ1v) is 7.94. The lowest BCUT2D eigenvalue weighted by Gasteiger charge is -2.19. The maximum absolute atomic E-state index is 5.78. The molecule has 0 amide bonds. The van der Waals surface area contributed by atoms with Gasteiger partial charge in [-0.15, -0.1) is 0 Å². The summed E-state index contributed by atoms with van der Waals surface area (Å²) in [7, 11) is 0. The first kappa shape index (κ1) is 16.0. The summed E-state index contributed by atoms with van der Waals surface area (Å²) in [6.07, 6.45) is 0. The van der Waals surface area contributed by atoms with E-state index in [4.69, 9.17) is 18.0 Å². The smallest absolute Gasteiger partial charge is 0.106 e. The number of rotatable bonds is 3. The van der Waals surface area contributed by atoms with Gasteiger partial charge in [0, 0.05) is 21.4 Å². The fraction of sp³-hybridized carbons (Fsp3) is 0.235. The van der Waals surface area contributed by atoms with E-state index < -0.39 is 0 Å². The molecular weight excluding hydrogens is 344 g/mol. The number of thiocarbonyl (C=S) groups is 1. The zero-order valence-corrected chi connectivity index (χ0v) is 14.8. The maximum atomic E-state index is 5.78. The van der Waals surface area contributed by atoms with Crippen LogP contribution < -0.4 is 11.1 Å². The minimum Gasteiger partial charge on any atom is -0.389 e. The molecule has 3 N–H and O–H groups in total. The van der Waals surface area contributed by atoms with Crippen molar-refractivity contribution in [3.05, 3.63) is 58.1 Å². The van der Waals surface area contributed by atoms with E-state index in [1.54, 1.807) is 0 Å². The number of hydrogen-bond acceptors (Lipinski definition) is 2. The molecule has 0 saturated heterocycles. The van der Waals surface area contributed by atoms with Gasteiger partial charge in [-0.2, -0.15) is 0 Å². The lowest BCUT2D eigenvalue weighted by molar-refractivity contribution is 0.590. The molecule has 0 aliphatic carbocycles. The van der Waals surface area contributed by atoms with Gasteiger partial charge in [-0.3, -0.25) is 0 Å². The van der Waals surface area contributed by atoms with E-state index in [2.05, 4.69) is 66.3 Å². The van der Waals surface area contributed by atoms with Crippen LogP contribution in [0.4, 0.5) is 11.4 Å². The molecule has 0 aliphatic heterocycles. The Labute approximate surface area is 139 Å². The molecule has 0 heterocycles. The van der Waals surface area contributed by atoms with E-state index in [9.17, 15) is 0 Å². The fourth-order valence-electron chi connectivity index (χ4n) is 2.04. The molecule has 0 atom stereocenters. The molecule has 0 saturated carbocycles. The van der Waals surface area contributed by atoms with Gasteiger partial charge in [-0.25, -0.2) is 0 Å². The van der Waals surface area contributed by atoms with E-state index in [0.29, 0.717) is 4.99 Å². The Morgan fingerprint density at radius 1 is 1.10 bits per heavy atom. The molecule has 0 spiro atoms. The lowest BCUT2D eigenvalue weighted by Crippen LogP contribution is -2.12. The van der Waals surface area contributed by atoms with Crippen molar-refractivity contribution >= 4 is 44.5 Å². The average molecular weight is 363 g/mol. The third-order valence-corrected chi connectivity index (χ3v) is 3.99. The second-order valence-corrected chi connectivity index (χ2v) is 7.36. The predicted molar refractivity (Wildman–Crippen MR) is 98.5 cm³/mol. The molecule has 2 rings (SSSR count). The second kappa shape index (κ2) is 6.16. The van der Waals surface area contributed by atoms with Crippen LogP contribution in [0.5, 0.6) is 0 Å². The monoisotopic (exact) mass is 362 g/mol. The fourth-order valence-corrected chi connectivity index (χ4v) is 2.58. The Balaban J connectivity index is 2.30. The van der Waals surface area contributed by atoms with Gasteiger partial charge >= 0.3 is 0 Å². The predicted octanol–water partition coefficient (Wildman–Crippen LogP) is 5.12. The van der Waals surface area contributed by atoms with Crippen molar-refractivity contribution in [2.45, 2.75) is 26.2 Å². The normalized spacial score (nSPS) is 11.2. The van der Waals surface area contributed by atoms with Gasteiger partial charge in [0.25, 0.3) is 0 Å². The standard InChI is InChI=1S/C17H19BrN2S/c1-17(2,3)11-4-7-13(8-5-11)20-15-10-12(18)6-9-14(15)16(19)21/h4-10,20H,1-3H3,(H2,19,21). The molecule has 2 nitrogen and oxygen atoms in total. The van der Waals surface area contributed by atoms with E-state index in [1.165, 1.54) is 5.56 Å². The molecule has 0 aromatic heterocycles. The summed E-state index contributed by atoms with van der Waals surface area (Å²) in [6, 6.07) is 14.3. The van der Waals surface area contributed by atoms with Crippen LogP contribution in [0.2, 0.25) is 0 Å². The van der Waals surface area contributed by atoms with Crippen molar-refractivity contribution in [2.75, 3.05) is 5.32 Å². The first-order chi connectivity index (χ1) is 9.77. The van der Waals surface area contributed by atoms with Crippen LogP contribution in [0.15, 0.2) is 46.9 Å². The minimum atomic E-state index is 0.151. The summed E-state index contributed by atoms with van der Waals surface area (Å²) in [6.45, 7) is 6.61. The van der Waals surface area contributed by atoms with Crippen molar-refractivity contribution in [1.82, 2.24) is 0 Å². The van der Waals surface area contributed by atoms with Crippen LogP contribution >= 0.6 is 28.1 Å². The summed E-state index contributed by atoms with van der Waals surface area (Å²) < 4.78 is 0.983. The van der Waals surface area contributed by atoms with Gasteiger partial charge in [0.2, 0.25) is 0 Å². The van der Waals surface area contributed by atoms with Crippen molar-refractivity contribution in [1.29, 1.82) is 0 Å². The second-order valence-electron chi connectivity index (χ2n) is 6.01. The van der Waals surface area contributed by atoms with Crippen LogP contribution in [0.25, 0.3) is 0 Å². The van der Waals surface area contributed by atoms with Gasteiger partial charge in [0.15, 0.2) is 0 Å². The van der Waals surface area contributed by atoms with E-state index in [1.807, 2.05) is 18.2 Å². The van der Waals surface area contributed by atoms with E-state index in [-0.39, 0.29) is 5.41 Å². The van der Waals surface area contributed by atoms with Crippen molar-refractivity contribution in [3.8, 4) is 0 Å². The van der Waals surface area contributed by atoms with Crippen LogP contribution in [0, 0.1) is 0 Å². The molecule has 0 bridgehead atoms. The number of nitrogens with two attached hydrogens (primary N) is 1. The molecule has 2 aromatic rings. The molecule has 0 aliphatic rings. The maximum Gasteiger partial charge on any atom is 0.106 e. The summed E-state index contributed by atoms with van der Waals surface area (Å²) in [5.74, 6) is 0. The van der Waals surface area contributed by atoms with Crippen LogP contribution in [-0.2, 0) is 5.41 Å². The number of hydrogen-bond donors (Lipinski definition) is 2. The van der Waals surface area contributed by atoms with E-state index in [0.717, 1.165) is 21.4 Å². The summed E-state index contributed by atoms with van der Waals surface area (Å²) in [5, 5.41) is 3.38. The minimum absolute atomic E-state index is 0.151. The van der Waals surface area contributed by atoms with Gasteiger partial charge in [0.05, 0.1) is 0 Å². The third-order valence-electron chi connectivity index (χ3n) is 3.28. The zero-order valence-electron chi connectivity index (χ0n) is 12.4. The number of benzene rings is 2. The summed E-state index contributed by atoms with van der Waals surface area (Å²) in [4.78, 5) is 0.385. The molecular formula is C17H19BrN2S. The molecule has 2 aromatic carbocycles. The average Bonchev–Trinajstić information content (AvgIpc) is 2.38. The number of anilines is 2. The highest BCUT2D eigenvalue weighted by atomic mass is 79.9. The van der Waals surface area contributed by atoms with Crippen molar-refractivity contribution in [2.24, 2.45) is 5.73 Å². The highest BCUT2D eigenvalue weighted by Gasteiger charge is 2.13. The molecule has 0 radical (unpaired) electrons. The zero-order chi connectivity index (χ0) is 15.6. The van der Waals surface area contributed by atoms with E-state index >= 15 is 0 Å². The third kappa shape index (κ3) is 4.05. The lowest BCUT2D eigenvalue weighted by atomic mass is 9.87. The Morgan fingerprint density at radius 2 is 1.71 bits per heavy atom. The summed E-state index contributed by atoms with van der Waals surface area (Å²) >= 11 is 8.57. The Hall–Kier alpha value is -1.39. The van der Waals surface area contributed by atoms with Crippen LogP contribution in [-0.4, -0.2) is 4.99 Å². The Bertz CT molecular complexity index is 657. The molecule has 110 valence electrons. The molecule has 0 fully saturated rings. The Kier molecular flexibility index (Phi) is 4.69. The Morgan fingerprint density at radius 3 is 2.24 bits per heavy atom. The van der Waals surface area contributed by atoms with Crippen LogP contribution in [0.3, 0.4) is 0 Å². The first-order valence-electron chi connectivity index (χ1n) is 6.74. The molecule has 0 unspecified atom stereocenters. The van der Waals surface area contributed by atoms with Crippen LogP contribution in [0.1, 0.15) is 31.9 Å². The quantitative estimate of drug-likeness (QED) is 0.743. The molecule has 21 heavy (non-hydrogen) atoms. The molecule has 4 heteroatoms. The number of halogens is 1. The van der Waals surface area contributed by atoms with Gasteiger partial charge in [-0.05, 0) is 41.3 Å².